The van der Waals surface area contributed by atoms with Crippen molar-refractivity contribution in [1.82, 2.24) is 9.88 Å². The molecule has 1 aliphatic rings. The van der Waals surface area contributed by atoms with E-state index in [-0.39, 0.29) is 6.09 Å². The van der Waals surface area contributed by atoms with Gasteiger partial charge in [0, 0.05) is 23.1 Å². The maximum atomic E-state index is 12.4. The second-order valence-electron chi connectivity index (χ2n) is 7.33. The van der Waals surface area contributed by atoms with Crippen LogP contribution in [-0.2, 0) is 17.7 Å². The quantitative estimate of drug-likeness (QED) is 0.426. The van der Waals surface area contributed by atoms with E-state index in [1.807, 2.05) is 25.1 Å². The maximum absolute atomic E-state index is 12.4. The molecule has 0 N–H and O–H groups in total. The number of aromatic nitrogens is 1. The summed E-state index contributed by atoms with van der Waals surface area (Å²) in [4.78, 5) is 19.3. The fourth-order valence-corrected chi connectivity index (χ4v) is 4.32. The molecule has 0 radical (unpaired) electrons. The fourth-order valence-electron chi connectivity index (χ4n) is 4.32. The molecular weight excluding hydrogens is 360 g/mol. The minimum Gasteiger partial charge on any atom is -0.450 e. The number of carbonyl (C=O) groups is 1. The molecule has 4 nitrogen and oxygen atoms in total. The van der Waals surface area contributed by atoms with Crippen molar-refractivity contribution in [1.29, 1.82) is 0 Å². The molecule has 0 unspecified atom stereocenters. The highest BCUT2D eigenvalue weighted by atomic mass is 16.6. The van der Waals surface area contributed by atoms with Gasteiger partial charge in [-0.2, -0.15) is 0 Å². The van der Waals surface area contributed by atoms with Gasteiger partial charge in [-0.1, -0.05) is 60.7 Å². The molecule has 144 valence electrons. The third-order valence-electron chi connectivity index (χ3n) is 5.65. The van der Waals surface area contributed by atoms with E-state index in [1.165, 1.54) is 21.7 Å². The number of carbonyl (C=O) groups excluding carboxylic acids is 1. The van der Waals surface area contributed by atoms with E-state index in [0.29, 0.717) is 19.7 Å². The summed E-state index contributed by atoms with van der Waals surface area (Å²) in [5.74, 6) is 0. The predicted octanol–water partition coefficient (Wildman–Crippen LogP) is 5.57. The monoisotopic (exact) mass is 382 g/mol. The first-order valence-electron chi connectivity index (χ1n) is 10.1. The summed E-state index contributed by atoms with van der Waals surface area (Å²) in [6.45, 7) is 3.40. The van der Waals surface area contributed by atoms with Gasteiger partial charge < -0.3 is 9.64 Å². The summed E-state index contributed by atoms with van der Waals surface area (Å²) in [7, 11) is 0. The molecule has 1 aromatic heterocycles. The molecule has 1 amide bonds. The van der Waals surface area contributed by atoms with Gasteiger partial charge in [0.15, 0.2) is 0 Å². The summed E-state index contributed by atoms with van der Waals surface area (Å²) in [5.41, 5.74) is 5.46. The lowest BCUT2D eigenvalue weighted by Crippen LogP contribution is -2.37. The Morgan fingerprint density at radius 1 is 1.00 bits per heavy atom. The minimum atomic E-state index is -0.254. The van der Waals surface area contributed by atoms with E-state index in [0.717, 1.165) is 28.8 Å². The van der Waals surface area contributed by atoms with E-state index in [9.17, 15) is 4.79 Å². The van der Waals surface area contributed by atoms with Crippen LogP contribution in [0.25, 0.3) is 32.9 Å². The van der Waals surface area contributed by atoms with Gasteiger partial charge in [-0.3, -0.25) is 0 Å². The van der Waals surface area contributed by atoms with Crippen LogP contribution >= 0.6 is 0 Å². The Bertz CT molecular complexity index is 1220. The number of pyridine rings is 1. The average molecular weight is 382 g/mol. The van der Waals surface area contributed by atoms with Crippen LogP contribution in [0, 0.1) is 0 Å². The van der Waals surface area contributed by atoms with E-state index in [2.05, 4.69) is 48.5 Å². The van der Waals surface area contributed by atoms with Crippen LogP contribution in [0.3, 0.4) is 0 Å². The Balaban J connectivity index is 1.78. The molecule has 29 heavy (non-hydrogen) atoms. The molecule has 0 saturated heterocycles. The van der Waals surface area contributed by atoms with E-state index in [1.54, 1.807) is 4.90 Å². The summed E-state index contributed by atoms with van der Waals surface area (Å²) >= 11 is 0. The van der Waals surface area contributed by atoms with Crippen LogP contribution in [-0.4, -0.2) is 29.1 Å². The van der Waals surface area contributed by atoms with Gasteiger partial charge >= 0.3 is 6.09 Å². The van der Waals surface area contributed by atoms with Gasteiger partial charge in [-0.15, -0.1) is 0 Å². The van der Waals surface area contributed by atoms with Gasteiger partial charge in [0.1, 0.15) is 0 Å². The van der Waals surface area contributed by atoms with Crippen molar-refractivity contribution in [3.05, 3.63) is 77.9 Å². The Morgan fingerprint density at radius 2 is 1.79 bits per heavy atom. The third-order valence-corrected chi connectivity index (χ3v) is 5.65. The lowest BCUT2D eigenvalue weighted by molar-refractivity contribution is 0.103. The van der Waals surface area contributed by atoms with Crippen LogP contribution in [0.15, 0.2) is 66.7 Å². The second-order valence-corrected chi connectivity index (χ2v) is 7.33. The molecule has 0 atom stereocenters. The largest absolute Gasteiger partial charge is 0.450 e. The maximum Gasteiger partial charge on any atom is 0.410 e. The number of rotatable bonds is 2. The highest BCUT2D eigenvalue weighted by Gasteiger charge is 2.27. The van der Waals surface area contributed by atoms with Crippen molar-refractivity contribution >= 4 is 27.8 Å². The van der Waals surface area contributed by atoms with Gasteiger partial charge in [-0.25, -0.2) is 9.78 Å². The first kappa shape index (κ1) is 17.7. The van der Waals surface area contributed by atoms with Gasteiger partial charge in [0.2, 0.25) is 0 Å². The Labute approximate surface area is 169 Å². The number of hydrogen-bond acceptors (Lipinski definition) is 3. The molecule has 4 heteroatoms. The summed E-state index contributed by atoms with van der Waals surface area (Å²) < 4.78 is 5.27. The molecule has 0 fully saturated rings. The summed E-state index contributed by atoms with van der Waals surface area (Å²) in [6.07, 6.45) is 0.538. The van der Waals surface area contributed by atoms with Crippen LogP contribution in [0.4, 0.5) is 4.79 Å². The predicted molar refractivity (Wildman–Crippen MR) is 116 cm³/mol. The van der Waals surface area contributed by atoms with Crippen molar-refractivity contribution in [3.8, 4) is 11.3 Å². The first-order chi connectivity index (χ1) is 14.3. The van der Waals surface area contributed by atoms with Gasteiger partial charge in [0.25, 0.3) is 0 Å². The zero-order valence-corrected chi connectivity index (χ0v) is 16.4. The molecule has 0 saturated carbocycles. The van der Waals surface area contributed by atoms with Crippen molar-refractivity contribution < 1.29 is 9.53 Å². The van der Waals surface area contributed by atoms with Gasteiger partial charge in [-0.05, 0) is 35.7 Å². The lowest BCUT2D eigenvalue weighted by atomic mass is 9.89. The molecular formula is C25H22N2O2. The number of nitrogens with zero attached hydrogens (tertiary/aromatic N) is 2. The summed E-state index contributed by atoms with van der Waals surface area (Å²) in [6, 6.07) is 22.9. The normalized spacial score (nSPS) is 13.5. The zero-order valence-electron chi connectivity index (χ0n) is 16.4. The topological polar surface area (TPSA) is 42.4 Å². The Hall–Kier alpha value is -3.40. The molecule has 0 spiro atoms. The van der Waals surface area contributed by atoms with Crippen LogP contribution in [0.1, 0.15) is 18.1 Å². The third kappa shape index (κ3) is 3.01. The number of hydrogen-bond donors (Lipinski definition) is 0. The molecule has 0 aliphatic carbocycles. The highest BCUT2D eigenvalue weighted by molar-refractivity contribution is 6.09. The van der Waals surface area contributed by atoms with Crippen molar-refractivity contribution in [2.24, 2.45) is 0 Å². The van der Waals surface area contributed by atoms with Crippen molar-refractivity contribution in [2.45, 2.75) is 19.9 Å². The Morgan fingerprint density at radius 3 is 2.62 bits per heavy atom. The number of benzene rings is 3. The highest BCUT2D eigenvalue weighted by Crippen LogP contribution is 2.37. The van der Waals surface area contributed by atoms with Crippen molar-refractivity contribution in [3.63, 3.8) is 0 Å². The number of amides is 1. The Kier molecular flexibility index (Phi) is 4.39. The summed E-state index contributed by atoms with van der Waals surface area (Å²) in [5, 5.41) is 3.64. The SMILES string of the molecule is CCOC(=O)N1CCc2c(c(-c3ccccc3)nc3ccc4ccccc4c23)C1. The van der Waals surface area contributed by atoms with Crippen molar-refractivity contribution in [2.75, 3.05) is 13.2 Å². The number of ether oxygens (including phenoxy) is 1. The standard InChI is InChI=1S/C25H22N2O2/c1-2-29-25(28)27-15-14-20-21(16-27)24(18-9-4-3-5-10-18)26-22-13-12-17-8-6-7-11-19(17)23(20)22/h3-13H,2,14-16H2,1H3. The average Bonchev–Trinajstić information content (AvgIpc) is 2.78. The lowest BCUT2D eigenvalue weighted by Gasteiger charge is -2.30. The number of fused-ring (bicyclic) bond motifs is 5. The molecule has 0 bridgehead atoms. The fraction of sp³-hybridized carbons (Fsp3) is 0.200. The first-order valence-corrected chi connectivity index (χ1v) is 10.1. The molecule has 4 aromatic rings. The second kappa shape index (κ2) is 7.21. The molecule has 3 aromatic carbocycles. The van der Waals surface area contributed by atoms with E-state index < -0.39 is 0 Å². The molecule has 1 aliphatic heterocycles. The molecule has 2 heterocycles. The smallest absolute Gasteiger partial charge is 0.410 e. The van der Waals surface area contributed by atoms with Gasteiger partial charge in [0.05, 0.1) is 24.4 Å². The van der Waals surface area contributed by atoms with Crippen LogP contribution in [0.5, 0.6) is 0 Å². The zero-order chi connectivity index (χ0) is 19.8. The minimum absolute atomic E-state index is 0.254. The van der Waals surface area contributed by atoms with E-state index in [4.69, 9.17) is 9.72 Å². The van der Waals surface area contributed by atoms with E-state index >= 15 is 0 Å². The van der Waals surface area contributed by atoms with Crippen LogP contribution < -0.4 is 0 Å². The van der Waals surface area contributed by atoms with Crippen LogP contribution in [0.2, 0.25) is 0 Å². The molecule has 5 rings (SSSR count).